The number of rotatable bonds is 3. The van der Waals surface area contributed by atoms with Crippen molar-refractivity contribution in [2.45, 2.75) is 6.92 Å². The summed E-state index contributed by atoms with van der Waals surface area (Å²) in [6.45, 7) is 2.07. The molecule has 0 aliphatic rings. The van der Waals surface area contributed by atoms with Gasteiger partial charge in [-0.15, -0.1) is 0 Å². The number of aryl methyl sites for hydroxylation is 1. The lowest BCUT2D eigenvalue weighted by Crippen LogP contribution is -1.96. The van der Waals surface area contributed by atoms with Crippen LogP contribution in [0.25, 0.3) is 0 Å². The number of anilines is 3. The molecule has 3 heteroatoms. The molecule has 88 valence electrons. The number of nitrogens with two attached hydrogens (primary N) is 1. The highest BCUT2D eigenvalue weighted by Gasteiger charge is 2.02. The molecule has 2 rings (SSSR count). The molecule has 0 heterocycles. The molecule has 0 radical (unpaired) electrons. The van der Waals surface area contributed by atoms with Crippen LogP contribution >= 0.6 is 0 Å². The number of hydrogen-bond donors (Lipinski definition) is 2. The smallest absolute Gasteiger partial charge is 0.143 e. The Morgan fingerprint density at radius 2 is 1.88 bits per heavy atom. The first-order valence-electron chi connectivity index (χ1n) is 5.47. The Kier molecular flexibility index (Phi) is 3.19. The molecule has 2 aromatic carbocycles. The first-order valence-corrected chi connectivity index (χ1v) is 5.47. The van der Waals surface area contributed by atoms with Gasteiger partial charge in [-0.05, 0) is 30.7 Å². The summed E-state index contributed by atoms with van der Waals surface area (Å²) in [5.41, 5.74) is 9.66. The predicted molar refractivity (Wildman–Crippen MR) is 71.9 cm³/mol. The summed E-state index contributed by atoms with van der Waals surface area (Å²) in [6.07, 6.45) is 0. The summed E-state index contributed by atoms with van der Waals surface area (Å²) in [5.74, 6) is 0.684. The molecule has 0 atom stereocenters. The van der Waals surface area contributed by atoms with Crippen molar-refractivity contribution in [3.05, 3.63) is 48.0 Å². The lowest BCUT2D eigenvalue weighted by atomic mass is 10.2. The SMILES string of the molecule is COc1cc(Nc2ccccc2C)ccc1N. The Labute approximate surface area is 101 Å². The van der Waals surface area contributed by atoms with Gasteiger partial charge in [0.1, 0.15) is 5.75 Å². The Bertz CT molecular complexity index is 523. The molecule has 0 unspecified atom stereocenters. The van der Waals surface area contributed by atoms with Gasteiger partial charge < -0.3 is 15.8 Å². The first kappa shape index (κ1) is 11.3. The Morgan fingerprint density at radius 3 is 2.59 bits per heavy atom. The minimum absolute atomic E-state index is 0.642. The zero-order valence-corrected chi connectivity index (χ0v) is 10.0. The van der Waals surface area contributed by atoms with Gasteiger partial charge in [0.05, 0.1) is 12.8 Å². The summed E-state index contributed by atoms with van der Waals surface area (Å²) in [4.78, 5) is 0. The van der Waals surface area contributed by atoms with Crippen molar-refractivity contribution in [1.29, 1.82) is 0 Å². The highest BCUT2D eigenvalue weighted by Crippen LogP contribution is 2.27. The maximum atomic E-state index is 5.77. The number of nitrogens with one attached hydrogen (secondary N) is 1. The van der Waals surface area contributed by atoms with E-state index in [9.17, 15) is 0 Å². The van der Waals surface area contributed by atoms with Crippen LogP contribution in [0, 0.1) is 6.92 Å². The molecule has 0 aromatic heterocycles. The van der Waals surface area contributed by atoms with Crippen LogP contribution in [-0.2, 0) is 0 Å². The van der Waals surface area contributed by atoms with Gasteiger partial charge in [-0.25, -0.2) is 0 Å². The van der Waals surface area contributed by atoms with E-state index >= 15 is 0 Å². The van der Waals surface area contributed by atoms with E-state index in [-0.39, 0.29) is 0 Å². The highest BCUT2D eigenvalue weighted by molar-refractivity contribution is 5.68. The predicted octanol–water partition coefficient (Wildman–Crippen LogP) is 3.33. The third kappa shape index (κ3) is 2.50. The minimum Gasteiger partial charge on any atom is -0.495 e. The number of nitrogen functional groups attached to an aromatic ring is 1. The molecule has 0 aliphatic carbocycles. The Morgan fingerprint density at radius 1 is 1.12 bits per heavy atom. The van der Waals surface area contributed by atoms with Crippen molar-refractivity contribution < 1.29 is 4.74 Å². The number of para-hydroxylation sites is 1. The van der Waals surface area contributed by atoms with E-state index in [0.29, 0.717) is 11.4 Å². The Hall–Kier alpha value is -2.16. The molecule has 0 amide bonds. The van der Waals surface area contributed by atoms with Gasteiger partial charge in [0.15, 0.2) is 0 Å². The Balaban J connectivity index is 2.28. The van der Waals surface area contributed by atoms with Crippen LogP contribution in [0.5, 0.6) is 5.75 Å². The van der Waals surface area contributed by atoms with Gasteiger partial charge in [0, 0.05) is 17.4 Å². The number of ether oxygens (including phenoxy) is 1. The molecule has 17 heavy (non-hydrogen) atoms. The largest absolute Gasteiger partial charge is 0.495 e. The molecular weight excluding hydrogens is 212 g/mol. The summed E-state index contributed by atoms with van der Waals surface area (Å²) >= 11 is 0. The fourth-order valence-corrected chi connectivity index (χ4v) is 1.66. The van der Waals surface area contributed by atoms with Gasteiger partial charge in [0.2, 0.25) is 0 Å². The zero-order valence-electron chi connectivity index (χ0n) is 10.0. The fraction of sp³-hybridized carbons (Fsp3) is 0.143. The third-order valence-electron chi connectivity index (χ3n) is 2.66. The summed E-state index contributed by atoms with van der Waals surface area (Å²) < 4.78 is 5.19. The van der Waals surface area contributed by atoms with Gasteiger partial charge >= 0.3 is 0 Å². The van der Waals surface area contributed by atoms with E-state index in [1.807, 2.05) is 36.4 Å². The van der Waals surface area contributed by atoms with Crippen molar-refractivity contribution in [3.8, 4) is 5.75 Å². The molecule has 0 fully saturated rings. The topological polar surface area (TPSA) is 47.3 Å². The van der Waals surface area contributed by atoms with E-state index in [4.69, 9.17) is 10.5 Å². The van der Waals surface area contributed by atoms with E-state index in [1.54, 1.807) is 7.11 Å². The van der Waals surface area contributed by atoms with E-state index in [2.05, 4.69) is 18.3 Å². The molecule has 0 aliphatic heterocycles. The second kappa shape index (κ2) is 4.78. The lowest BCUT2D eigenvalue weighted by Gasteiger charge is -2.11. The third-order valence-corrected chi connectivity index (χ3v) is 2.66. The van der Waals surface area contributed by atoms with Crippen LogP contribution in [0.3, 0.4) is 0 Å². The highest BCUT2D eigenvalue weighted by atomic mass is 16.5. The van der Waals surface area contributed by atoms with Crippen molar-refractivity contribution in [2.75, 3.05) is 18.2 Å². The second-order valence-electron chi connectivity index (χ2n) is 3.90. The van der Waals surface area contributed by atoms with Gasteiger partial charge in [0.25, 0.3) is 0 Å². The van der Waals surface area contributed by atoms with Crippen LogP contribution in [0.4, 0.5) is 17.1 Å². The normalized spacial score (nSPS) is 10.0. The summed E-state index contributed by atoms with van der Waals surface area (Å²) in [5, 5.41) is 3.34. The van der Waals surface area contributed by atoms with Gasteiger partial charge in [-0.3, -0.25) is 0 Å². The van der Waals surface area contributed by atoms with Crippen LogP contribution in [0.2, 0.25) is 0 Å². The average molecular weight is 228 g/mol. The van der Waals surface area contributed by atoms with Crippen molar-refractivity contribution in [1.82, 2.24) is 0 Å². The van der Waals surface area contributed by atoms with Crippen molar-refractivity contribution in [3.63, 3.8) is 0 Å². The van der Waals surface area contributed by atoms with Gasteiger partial charge in [-0.2, -0.15) is 0 Å². The van der Waals surface area contributed by atoms with Crippen molar-refractivity contribution in [2.24, 2.45) is 0 Å². The van der Waals surface area contributed by atoms with E-state index in [0.717, 1.165) is 11.4 Å². The molecule has 0 spiro atoms. The quantitative estimate of drug-likeness (QED) is 0.792. The minimum atomic E-state index is 0.642. The van der Waals surface area contributed by atoms with E-state index in [1.165, 1.54) is 5.56 Å². The summed E-state index contributed by atoms with van der Waals surface area (Å²) in [6, 6.07) is 13.8. The zero-order chi connectivity index (χ0) is 12.3. The maximum absolute atomic E-state index is 5.77. The summed E-state index contributed by atoms with van der Waals surface area (Å²) in [7, 11) is 1.61. The monoisotopic (exact) mass is 228 g/mol. The van der Waals surface area contributed by atoms with Crippen LogP contribution in [0.15, 0.2) is 42.5 Å². The molecule has 3 N–H and O–H groups in total. The average Bonchev–Trinajstić information content (AvgIpc) is 2.34. The molecular formula is C14H16N2O. The lowest BCUT2D eigenvalue weighted by molar-refractivity contribution is 0.417. The molecule has 0 bridgehead atoms. The second-order valence-corrected chi connectivity index (χ2v) is 3.90. The van der Waals surface area contributed by atoms with Crippen LogP contribution < -0.4 is 15.8 Å². The van der Waals surface area contributed by atoms with Crippen LogP contribution in [-0.4, -0.2) is 7.11 Å². The van der Waals surface area contributed by atoms with E-state index < -0.39 is 0 Å². The molecule has 0 saturated heterocycles. The maximum Gasteiger partial charge on any atom is 0.143 e. The molecule has 3 nitrogen and oxygen atoms in total. The van der Waals surface area contributed by atoms with Crippen molar-refractivity contribution >= 4 is 17.1 Å². The molecule has 0 saturated carbocycles. The standard InChI is InChI=1S/C14H16N2O/c1-10-5-3-4-6-13(10)16-11-7-8-12(15)14(9-11)17-2/h3-9,16H,15H2,1-2H3. The van der Waals surface area contributed by atoms with Gasteiger partial charge in [-0.1, -0.05) is 18.2 Å². The molecule has 2 aromatic rings. The first-order chi connectivity index (χ1) is 8.20. The number of hydrogen-bond acceptors (Lipinski definition) is 3. The fourth-order valence-electron chi connectivity index (χ4n) is 1.66. The number of methoxy groups -OCH3 is 1. The number of benzene rings is 2. The van der Waals surface area contributed by atoms with Crippen LogP contribution in [0.1, 0.15) is 5.56 Å².